The minimum absolute atomic E-state index is 0.0334. The van der Waals surface area contributed by atoms with E-state index in [0.717, 1.165) is 6.07 Å². The van der Waals surface area contributed by atoms with E-state index in [2.05, 4.69) is 0 Å². The number of hydrogen-bond donors (Lipinski definition) is 2. The van der Waals surface area contributed by atoms with Crippen LogP contribution < -0.4 is 5.73 Å². The highest BCUT2D eigenvalue weighted by Gasteiger charge is 2.40. The molecular weight excluding hydrogens is 241 g/mol. The third kappa shape index (κ3) is 2.64. The van der Waals surface area contributed by atoms with Gasteiger partial charge < -0.3 is 10.8 Å². The molecule has 0 unspecified atom stereocenters. The number of hydrogen-bond acceptors (Lipinski definition) is 4. The Morgan fingerprint density at radius 2 is 2.00 bits per heavy atom. The lowest BCUT2D eigenvalue weighted by Crippen LogP contribution is -2.28. The van der Waals surface area contributed by atoms with E-state index in [1.165, 1.54) is 6.92 Å². The summed E-state index contributed by atoms with van der Waals surface area (Å²) in [5, 5.41) is 19.9. The average Bonchev–Trinajstić information content (AvgIpc) is 2.19. The molecule has 0 aliphatic heterocycles. The maximum absolute atomic E-state index is 12.4. The van der Waals surface area contributed by atoms with Crippen LogP contribution in [0.4, 0.5) is 18.9 Å². The third-order valence-corrected chi connectivity index (χ3v) is 2.21. The molecule has 0 amide bonds. The number of aryl methyl sites for hydroxylation is 1. The van der Waals surface area contributed by atoms with E-state index in [9.17, 15) is 28.4 Å². The largest absolute Gasteiger partial charge is 0.507 e. The molecule has 0 radical (unpaired) electrons. The predicted molar refractivity (Wildman–Crippen MR) is 52.5 cm³/mol. The van der Waals surface area contributed by atoms with Gasteiger partial charge in [0.1, 0.15) is 11.8 Å². The van der Waals surface area contributed by atoms with Crippen LogP contribution in [-0.2, 0) is 0 Å². The van der Waals surface area contributed by atoms with E-state index < -0.39 is 34.1 Å². The van der Waals surface area contributed by atoms with Gasteiger partial charge in [-0.05, 0) is 12.5 Å². The van der Waals surface area contributed by atoms with Crippen LogP contribution in [0.25, 0.3) is 0 Å². The van der Waals surface area contributed by atoms with Gasteiger partial charge in [0.25, 0.3) is 5.69 Å². The smallest absolute Gasteiger partial charge is 0.407 e. The van der Waals surface area contributed by atoms with Gasteiger partial charge in [-0.15, -0.1) is 0 Å². The first kappa shape index (κ1) is 13.2. The molecule has 0 spiro atoms. The fraction of sp³-hybridized carbons (Fsp3) is 0.333. The normalized spacial score (nSPS) is 13.5. The van der Waals surface area contributed by atoms with E-state index >= 15 is 0 Å². The second kappa shape index (κ2) is 4.21. The van der Waals surface area contributed by atoms with Crippen molar-refractivity contribution in [2.24, 2.45) is 5.73 Å². The van der Waals surface area contributed by atoms with Crippen molar-refractivity contribution in [1.82, 2.24) is 0 Å². The van der Waals surface area contributed by atoms with Crippen molar-refractivity contribution >= 4 is 5.69 Å². The molecule has 0 aliphatic carbocycles. The number of alkyl halides is 3. The van der Waals surface area contributed by atoms with Crippen molar-refractivity contribution in [3.05, 3.63) is 33.4 Å². The molecule has 94 valence electrons. The molecule has 1 aromatic rings. The Balaban J connectivity index is 3.37. The van der Waals surface area contributed by atoms with Crippen LogP contribution in [0.3, 0.4) is 0 Å². The minimum Gasteiger partial charge on any atom is -0.507 e. The molecule has 1 aromatic carbocycles. The summed E-state index contributed by atoms with van der Waals surface area (Å²) in [6.07, 6.45) is -4.78. The Morgan fingerprint density at radius 3 is 2.41 bits per heavy atom. The number of phenolic OH excluding ortho intramolecular Hbond substituents is 1. The van der Waals surface area contributed by atoms with Crippen LogP contribution in [-0.4, -0.2) is 16.2 Å². The summed E-state index contributed by atoms with van der Waals surface area (Å²) in [6, 6.07) is -0.858. The predicted octanol–water partition coefficient (Wildman–Crippen LogP) is 2.17. The number of rotatable bonds is 2. The Hall–Kier alpha value is -1.83. The van der Waals surface area contributed by atoms with E-state index in [1.807, 2.05) is 0 Å². The first-order valence-electron chi connectivity index (χ1n) is 4.44. The van der Waals surface area contributed by atoms with Gasteiger partial charge in [-0.25, -0.2) is 0 Å². The first-order valence-corrected chi connectivity index (χ1v) is 4.44. The number of benzene rings is 1. The fourth-order valence-corrected chi connectivity index (χ4v) is 1.31. The summed E-state index contributed by atoms with van der Waals surface area (Å²) >= 11 is 0. The number of aromatic hydroxyl groups is 1. The zero-order valence-corrected chi connectivity index (χ0v) is 8.65. The third-order valence-electron chi connectivity index (χ3n) is 2.21. The standard InChI is InChI=1S/C9H9F3N2O3/c1-4-2-5(14(16)17)3-6(7(4)15)8(13)9(10,11)12/h2-3,8,15H,13H2,1H3/t8-/m1/s1. The van der Waals surface area contributed by atoms with E-state index in [1.54, 1.807) is 0 Å². The number of nitrogens with two attached hydrogens (primary N) is 1. The van der Waals surface area contributed by atoms with Crippen LogP contribution in [0.2, 0.25) is 0 Å². The maximum atomic E-state index is 12.4. The topological polar surface area (TPSA) is 89.4 Å². The molecule has 0 fully saturated rings. The number of phenols is 1. The number of nitrogens with zero attached hydrogens (tertiary/aromatic N) is 1. The van der Waals surface area contributed by atoms with Gasteiger partial charge in [0.2, 0.25) is 0 Å². The lowest BCUT2D eigenvalue weighted by molar-refractivity contribution is -0.385. The molecule has 0 saturated carbocycles. The molecule has 0 aliphatic rings. The molecule has 1 atom stereocenters. The molecule has 3 N–H and O–H groups in total. The molecule has 0 bridgehead atoms. The number of nitro groups is 1. The maximum Gasteiger partial charge on any atom is 0.407 e. The summed E-state index contributed by atoms with van der Waals surface area (Å²) in [5.41, 5.74) is 3.62. The van der Waals surface area contributed by atoms with E-state index in [0.29, 0.717) is 6.07 Å². The Kier molecular flexibility index (Phi) is 3.28. The second-order valence-electron chi connectivity index (χ2n) is 3.48. The zero-order valence-electron chi connectivity index (χ0n) is 8.65. The lowest BCUT2D eigenvalue weighted by atomic mass is 10.0. The number of halogens is 3. The van der Waals surface area contributed by atoms with Crippen molar-refractivity contribution in [3.8, 4) is 5.75 Å². The van der Waals surface area contributed by atoms with Crippen LogP contribution >= 0.6 is 0 Å². The van der Waals surface area contributed by atoms with Gasteiger partial charge in [-0.2, -0.15) is 13.2 Å². The van der Waals surface area contributed by atoms with Crippen molar-refractivity contribution in [2.45, 2.75) is 19.1 Å². The second-order valence-corrected chi connectivity index (χ2v) is 3.48. The summed E-state index contributed by atoms with van der Waals surface area (Å²) in [5.74, 6) is -0.680. The first-order chi connectivity index (χ1) is 7.64. The lowest BCUT2D eigenvalue weighted by Gasteiger charge is -2.17. The van der Waals surface area contributed by atoms with Crippen molar-refractivity contribution in [1.29, 1.82) is 0 Å². The summed E-state index contributed by atoms with van der Waals surface area (Å²) in [4.78, 5) is 9.64. The van der Waals surface area contributed by atoms with Crippen LogP contribution in [0.1, 0.15) is 17.2 Å². The number of nitro benzene ring substituents is 1. The molecule has 0 aromatic heterocycles. The van der Waals surface area contributed by atoms with Crippen LogP contribution in [0.5, 0.6) is 5.75 Å². The molecule has 0 saturated heterocycles. The number of non-ortho nitro benzene ring substituents is 1. The monoisotopic (exact) mass is 250 g/mol. The van der Waals surface area contributed by atoms with Crippen molar-refractivity contribution < 1.29 is 23.2 Å². The fourth-order valence-electron chi connectivity index (χ4n) is 1.31. The highest BCUT2D eigenvalue weighted by atomic mass is 19.4. The summed E-state index contributed by atoms with van der Waals surface area (Å²) in [7, 11) is 0. The molecule has 8 heteroatoms. The highest BCUT2D eigenvalue weighted by molar-refractivity contribution is 5.50. The molecule has 17 heavy (non-hydrogen) atoms. The van der Waals surface area contributed by atoms with Gasteiger partial charge >= 0.3 is 6.18 Å². The van der Waals surface area contributed by atoms with Gasteiger partial charge in [-0.1, -0.05) is 0 Å². The molecule has 5 nitrogen and oxygen atoms in total. The molecule has 1 rings (SSSR count). The van der Waals surface area contributed by atoms with Crippen LogP contribution in [0.15, 0.2) is 12.1 Å². The average molecular weight is 250 g/mol. The summed E-state index contributed by atoms with van der Waals surface area (Å²) in [6.45, 7) is 1.26. The van der Waals surface area contributed by atoms with Gasteiger partial charge in [-0.3, -0.25) is 10.1 Å². The molecular formula is C9H9F3N2O3. The van der Waals surface area contributed by atoms with Gasteiger partial charge in [0, 0.05) is 17.7 Å². The summed E-state index contributed by atoms with van der Waals surface area (Å²) < 4.78 is 37.1. The molecule has 0 heterocycles. The Labute approximate surface area is 93.8 Å². The van der Waals surface area contributed by atoms with Crippen molar-refractivity contribution in [3.63, 3.8) is 0 Å². The van der Waals surface area contributed by atoms with Crippen molar-refractivity contribution in [2.75, 3.05) is 0 Å². The zero-order chi connectivity index (χ0) is 13.4. The van der Waals surface area contributed by atoms with Gasteiger partial charge in [0.15, 0.2) is 0 Å². The highest BCUT2D eigenvalue weighted by Crippen LogP contribution is 2.38. The SMILES string of the molecule is Cc1cc([N+](=O)[O-])cc([C@@H](N)C(F)(F)F)c1O. The quantitative estimate of drug-likeness (QED) is 0.621. The van der Waals surface area contributed by atoms with E-state index in [4.69, 9.17) is 5.73 Å². The Morgan fingerprint density at radius 1 is 1.47 bits per heavy atom. The van der Waals surface area contributed by atoms with Gasteiger partial charge in [0.05, 0.1) is 4.92 Å². The van der Waals surface area contributed by atoms with Crippen LogP contribution in [0, 0.1) is 17.0 Å². The van der Waals surface area contributed by atoms with E-state index in [-0.39, 0.29) is 5.56 Å². The Bertz CT molecular complexity index is 460. The minimum atomic E-state index is -4.78.